The number of hydrogen-bond acceptors (Lipinski definition) is 2. The van der Waals surface area contributed by atoms with Crippen LogP contribution in [0, 0.1) is 5.82 Å². The first kappa shape index (κ1) is 14.5. The van der Waals surface area contributed by atoms with Crippen LogP contribution in [0.1, 0.15) is 26.7 Å². The Morgan fingerprint density at radius 1 is 1.47 bits per heavy atom. The third-order valence-electron chi connectivity index (χ3n) is 2.48. The Morgan fingerprint density at radius 2 is 2.24 bits per heavy atom. The standard InChI is InChI=1S/C13H19BrFNO/c1-3-4-10(2)16-7-8-17-11-5-6-12(14)13(15)9-11/h5-6,9-10,16H,3-4,7-8H2,1-2H3. The van der Waals surface area contributed by atoms with E-state index in [-0.39, 0.29) is 5.82 Å². The Bertz CT molecular complexity index is 346. The summed E-state index contributed by atoms with van der Waals surface area (Å²) in [4.78, 5) is 0. The van der Waals surface area contributed by atoms with Gasteiger partial charge in [0, 0.05) is 18.7 Å². The maximum absolute atomic E-state index is 13.2. The summed E-state index contributed by atoms with van der Waals surface area (Å²) < 4.78 is 19.1. The van der Waals surface area contributed by atoms with Gasteiger partial charge in [0.1, 0.15) is 18.2 Å². The van der Waals surface area contributed by atoms with Gasteiger partial charge in [0.15, 0.2) is 0 Å². The lowest BCUT2D eigenvalue weighted by Gasteiger charge is -2.13. The van der Waals surface area contributed by atoms with Gasteiger partial charge in [-0.25, -0.2) is 4.39 Å². The van der Waals surface area contributed by atoms with E-state index in [2.05, 4.69) is 35.1 Å². The fourth-order valence-electron chi connectivity index (χ4n) is 1.58. The Balaban J connectivity index is 2.24. The van der Waals surface area contributed by atoms with Crippen LogP contribution in [0.3, 0.4) is 0 Å². The van der Waals surface area contributed by atoms with Gasteiger partial charge in [-0.3, -0.25) is 0 Å². The topological polar surface area (TPSA) is 21.3 Å². The number of ether oxygens (including phenoxy) is 1. The molecule has 1 unspecified atom stereocenters. The van der Waals surface area contributed by atoms with Gasteiger partial charge in [-0.2, -0.15) is 0 Å². The van der Waals surface area contributed by atoms with Crippen molar-refractivity contribution < 1.29 is 9.13 Å². The number of benzene rings is 1. The van der Waals surface area contributed by atoms with Crippen molar-refractivity contribution in [2.45, 2.75) is 32.7 Å². The second kappa shape index (κ2) is 7.67. The molecule has 1 aromatic rings. The lowest BCUT2D eigenvalue weighted by atomic mass is 10.2. The SMILES string of the molecule is CCCC(C)NCCOc1ccc(Br)c(F)c1. The van der Waals surface area contributed by atoms with Crippen LogP contribution in [0.4, 0.5) is 4.39 Å². The van der Waals surface area contributed by atoms with E-state index in [9.17, 15) is 4.39 Å². The van der Waals surface area contributed by atoms with Crippen LogP contribution < -0.4 is 10.1 Å². The molecular formula is C13H19BrFNO. The number of hydrogen-bond donors (Lipinski definition) is 1. The van der Waals surface area contributed by atoms with Gasteiger partial charge in [0.05, 0.1) is 4.47 Å². The Kier molecular flexibility index (Phi) is 6.52. The van der Waals surface area contributed by atoms with Gasteiger partial charge < -0.3 is 10.1 Å². The third-order valence-corrected chi connectivity index (χ3v) is 3.12. The molecule has 2 nitrogen and oxygen atoms in total. The zero-order valence-corrected chi connectivity index (χ0v) is 11.9. The van der Waals surface area contributed by atoms with Crippen molar-refractivity contribution in [1.82, 2.24) is 5.32 Å². The fourth-order valence-corrected chi connectivity index (χ4v) is 1.82. The van der Waals surface area contributed by atoms with Crippen molar-refractivity contribution in [3.63, 3.8) is 0 Å². The minimum atomic E-state index is -0.296. The first-order chi connectivity index (χ1) is 8.13. The molecule has 0 amide bonds. The molecule has 0 spiro atoms. The molecule has 1 N–H and O–H groups in total. The average Bonchev–Trinajstić information content (AvgIpc) is 2.29. The monoisotopic (exact) mass is 303 g/mol. The van der Waals surface area contributed by atoms with Gasteiger partial charge >= 0.3 is 0 Å². The van der Waals surface area contributed by atoms with E-state index in [0.29, 0.717) is 22.9 Å². The number of halogens is 2. The molecule has 0 aromatic heterocycles. The van der Waals surface area contributed by atoms with Crippen LogP contribution in [-0.4, -0.2) is 19.2 Å². The summed E-state index contributed by atoms with van der Waals surface area (Å²) in [6.07, 6.45) is 2.33. The normalized spacial score (nSPS) is 12.5. The van der Waals surface area contributed by atoms with Gasteiger partial charge in [0.2, 0.25) is 0 Å². The van der Waals surface area contributed by atoms with Gasteiger partial charge in [-0.15, -0.1) is 0 Å². The molecule has 0 fully saturated rings. The van der Waals surface area contributed by atoms with Crippen LogP contribution in [0.15, 0.2) is 22.7 Å². The van der Waals surface area contributed by atoms with Crippen LogP contribution >= 0.6 is 15.9 Å². The molecule has 1 rings (SSSR count). The quantitative estimate of drug-likeness (QED) is 0.775. The van der Waals surface area contributed by atoms with Gasteiger partial charge in [-0.1, -0.05) is 13.3 Å². The van der Waals surface area contributed by atoms with E-state index < -0.39 is 0 Å². The first-order valence-corrected chi connectivity index (χ1v) is 6.74. The summed E-state index contributed by atoms with van der Waals surface area (Å²) in [7, 11) is 0. The van der Waals surface area contributed by atoms with Gasteiger partial charge in [0.25, 0.3) is 0 Å². The van der Waals surface area contributed by atoms with Crippen LogP contribution in [0.2, 0.25) is 0 Å². The van der Waals surface area contributed by atoms with Crippen molar-refractivity contribution in [3.05, 3.63) is 28.5 Å². The minimum Gasteiger partial charge on any atom is -0.492 e. The predicted molar refractivity (Wildman–Crippen MR) is 72.0 cm³/mol. The molecule has 0 aliphatic heterocycles. The molecule has 0 bridgehead atoms. The predicted octanol–water partition coefficient (Wildman–Crippen LogP) is 3.75. The molecule has 17 heavy (non-hydrogen) atoms. The summed E-state index contributed by atoms with van der Waals surface area (Å²) in [6.45, 7) is 5.65. The highest BCUT2D eigenvalue weighted by atomic mass is 79.9. The highest BCUT2D eigenvalue weighted by molar-refractivity contribution is 9.10. The van der Waals surface area contributed by atoms with Crippen LogP contribution in [-0.2, 0) is 0 Å². The lowest BCUT2D eigenvalue weighted by molar-refractivity contribution is 0.303. The van der Waals surface area contributed by atoms with Crippen molar-refractivity contribution in [1.29, 1.82) is 0 Å². The minimum absolute atomic E-state index is 0.296. The summed E-state index contributed by atoms with van der Waals surface area (Å²) in [6, 6.07) is 5.30. The number of rotatable bonds is 7. The maximum atomic E-state index is 13.2. The fraction of sp³-hybridized carbons (Fsp3) is 0.538. The van der Waals surface area contributed by atoms with Crippen LogP contribution in [0.25, 0.3) is 0 Å². The second-order valence-corrected chi connectivity index (χ2v) is 4.92. The Hall–Kier alpha value is -0.610. The van der Waals surface area contributed by atoms with Crippen molar-refractivity contribution >= 4 is 15.9 Å². The van der Waals surface area contributed by atoms with E-state index in [1.807, 2.05) is 0 Å². The lowest BCUT2D eigenvalue weighted by Crippen LogP contribution is -2.29. The zero-order valence-electron chi connectivity index (χ0n) is 10.3. The third kappa shape index (κ3) is 5.50. The van der Waals surface area contributed by atoms with Crippen LogP contribution in [0.5, 0.6) is 5.75 Å². The number of nitrogens with one attached hydrogen (secondary N) is 1. The van der Waals surface area contributed by atoms with E-state index in [4.69, 9.17) is 4.74 Å². The summed E-state index contributed by atoms with van der Waals surface area (Å²) in [5.41, 5.74) is 0. The molecule has 96 valence electrons. The molecule has 0 heterocycles. The highest BCUT2D eigenvalue weighted by Crippen LogP contribution is 2.20. The smallest absolute Gasteiger partial charge is 0.141 e. The first-order valence-electron chi connectivity index (χ1n) is 5.94. The van der Waals surface area contributed by atoms with E-state index in [1.165, 1.54) is 12.5 Å². The molecule has 0 aliphatic carbocycles. The van der Waals surface area contributed by atoms with Crippen molar-refractivity contribution in [3.8, 4) is 5.75 Å². The van der Waals surface area contributed by atoms with E-state index >= 15 is 0 Å². The molecule has 1 atom stereocenters. The highest BCUT2D eigenvalue weighted by Gasteiger charge is 2.02. The molecule has 1 aromatic carbocycles. The van der Waals surface area contributed by atoms with E-state index in [1.54, 1.807) is 12.1 Å². The molecule has 0 aliphatic rings. The van der Waals surface area contributed by atoms with Crippen molar-refractivity contribution in [2.75, 3.05) is 13.2 Å². The summed E-state index contributed by atoms with van der Waals surface area (Å²) in [5, 5.41) is 3.35. The summed E-state index contributed by atoms with van der Waals surface area (Å²) >= 11 is 3.10. The van der Waals surface area contributed by atoms with Gasteiger partial charge in [-0.05, 0) is 41.4 Å². The second-order valence-electron chi connectivity index (χ2n) is 4.07. The van der Waals surface area contributed by atoms with E-state index in [0.717, 1.165) is 13.0 Å². The molecule has 0 saturated heterocycles. The largest absolute Gasteiger partial charge is 0.492 e. The average molecular weight is 304 g/mol. The summed E-state index contributed by atoms with van der Waals surface area (Å²) in [5.74, 6) is 0.269. The Morgan fingerprint density at radius 3 is 2.88 bits per heavy atom. The Labute approximate surface area is 111 Å². The molecule has 4 heteroatoms. The zero-order chi connectivity index (χ0) is 12.7. The molecule has 0 saturated carbocycles. The molecule has 0 radical (unpaired) electrons. The maximum Gasteiger partial charge on any atom is 0.141 e. The molecular weight excluding hydrogens is 285 g/mol. The van der Waals surface area contributed by atoms with Crippen molar-refractivity contribution in [2.24, 2.45) is 0 Å².